The highest BCUT2D eigenvalue weighted by Crippen LogP contribution is 1.94. The molecule has 0 unspecified atom stereocenters. The number of hydrogen-bond acceptors (Lipinski definition) is 4. The Balaban J connectivity index is 2.36. The Labute approximate surface area is 76.9 Å². The molecule has 1 aromatic heterocycles. The van der Waals surface area contributed by atoms with E-state index in [-0.39, 0.29) is 0 Å². The van der Waals surface area contributed by atoms with Gasteiger partial charge in [-0.05, 0) is 6.42 Å². The third kappa shape index (κ3) is 3.22. The Kier molecular flexibility index (Phi) is 3.93. The Morgan fingerprint density at radius 1 is 1.69 bits per heavy atom. The van der Waals surface area contributed by atoms with Gasteiger partial charge in [0, 0.05) is 6.61 Å². The van der Waals surface area contributed by atoms with Crippen LogP contribution in [0.3, 0.4) is 0 Å². The van der Waals surface area contributed by atoms with Gasteiger partial charge in [0.15, 0.2) is 0 Å². The molecule has 1 heterocycles. The van der Waals surface area contributed by atoms with Crippen LogP contribution in [0.2, 0.25) is 0 Å². The zero-order valence-electron chi connectivity index (χ0n) is 7.60. The molecule has 0 aliphatic heterocycles. The molecule has 0 bridgehead atoms. The maximum Gasteiger partial charge on any atom is 0.141 e. The van der Waals surface area contributed by atoms with Gasteiger partial charge in [-0.2, -0.15) is 5.26 Å². The van der Waals surface area contributed by atoms with Crippen molar-refractivity contribution in [1.82, 2.24) is 15.0 Å². The molecular weight excluding hydrogens is 168 g/mol. The van der Waals surface area contributed by atoms with Crippen LogP contribution in [-0.2, 0) is 17.9 Å². The van der Waals surface area contributed by atoms with Crippen molar-refractivity contribution < 1.29 is 4.74 Å². The van der Waals surface area contributed by atoms with Crippen LogP contribution in [0.25, 0.3) is 0 Å². The molecule has 5 nitrogen and oxygen atoms in total. The van der Waals surface area contributed by atoms with Gasteiger partial charge < -0.3 is 4.74 Å². The summed E-state index contributed by atoms with van der Waals surface area (Å²) in [5.41, 5.74) is 0.683. The lowest BCUT2D eigenvalue weighted by Gasteiger charge is -1.99. The van der Waals surface area contributed by atoms with E-state index in [2.05, 4.69) is 10.3 Å². The maximum atomic E-state index is 8.38. The summed E-state index contributed by atoms with van der Waals surface area (Å²) in [7, 11) is 0. The van der Waals surface area contributed by atoms with Crippen LogP contribution >= 0.6 is 0 Å². The minimum absolute atomic E-state index is 0.299. The molecule has 13 heavy (non-hydrogen) atoms. The van der Waals surface area contributed by atoms with Crippen molar-refractivity contribution in [3.05, 3.63) is 11.9 Å². The van der Waals surface area contributed by atoms with E-state index >= 15 is 0 Å². The van der Waals surface area contributed by atoms with Gasteiger partial charge in [-0.1, -0.05) is 12.1 Å². The van der Waals surface area contributed by atoms with Gasteiger partial charge in [0.25, 0.3) is 0 Å². The van der Waals surface area contributed by atoms with Crippen molar-refractivity contribution in [2.24, 2.45) is 0 Å². The third-order valence-electron chi connectivity index (χ3n) is 1.42. The number of hydrogen-bond donors (Lipinski definition) is 0. The first kappa shape index (κ1) is 9.68. The minimum atomic E-state index is 0.299. The van der Waals surface area contributed by atoms with Crippen LogP contribution in [0.5, 0.6) is 0 Å². The molecule has 0 N–H and O–H groups in total. The summed E-state index contributed by atoms with van der Waals surface area (Å²) in [4.78, 5) is 0. The van der Waals surface area contributed by atoms with E-state index in [1.165, 1.54) is 0 Å². The smallest absolute Gasteiger partial charge is 0.141 e. The molecule has 1 aromatic rings. The van der Waals surface area contributed by atoms with Gasteiger partial charge in [0.05, 0.1) is 24.4 Å². The average Bonchev–Trinajstić information content (AvgIpc) is 2.54. The van der Waals surface area contributed by atoms with Gasteiger partial charge >= 0.3 is 0 Å². The molecule has 0 aliphatic rings. The quantitative estimate of drug-likeness (QED) is 0.626. The lowest BCUT2D eigenvalue weighted by Crippen LogP contribution is -2.03. The first-order valence-corrected chi connectivity index (χ1v) is 4.20. The summed E-state index contributed by atoms with van der Waals surface area (Å²) < 4.78 is 6.82. The van der Waals surface area contributed by atoms with Crippen molar-refractivity contribution in [3.63, 3.8) is 0 Å². The zero-order chi connectivity index (χ0) is 9.52. The predicted molar refractivity (Wildman–Crippen MR) is 45.6 cm³/mol. The average molecular weight is 180 g/mol. The summed E-state index contributed by atoms with van der Waals surface area (Å²) in [6.07, 6.45) is 3.01. The monoisotopic (exact) mass is 180 g/mol. The number of nitriles is 1. The highest BCUT2D eigenvalue weighted by atomic mass is 16.5. The molecule has 0 saturated carbocycles. The molecule has 0 radical (unpaired) electrons. The van der Waals surface area contributed by atoms with Gasteiger partial charge in [0.1, 0.15) is 6.73 Å². The topological polar surface area (TPSA) is 63.7 Å². The number of nitrogens with zero attached hydrogens (tertiary/aromatic N) is 4. The van der Waals surface area contributed by atoms with E-state index in [4.69, 9.17) is 10.00 Å². The van der Waals surface area contributed by atoms with Crippen LogP contribution in [0, 0.1) is 11.3 Å². The van der Waals surface area contributed by atoms with Crippen molar-refractivity contribution in [2.75, 3.05) is 6.61 Å². The first-order valence-electron chi connectivity index (χ1n) is 4.20. The predicted octanol–water partition coefficient (Wildman–Crippen LogP) is 0.728. The zero-order valence-corrected chi connectivity index (χ0v) is 7.60. The summed E-state index contributed by atoms with van der Waals surface area (Å²) in [5, 5.41) is 16.0. The van der Waals surface area contributed by atoms with Crippen LogP contribution in [-0.4, -0.2) is 21.6 Å². The van der Waals surface area contributed by atoms with Crippen molar-refractivity contribution in [2.45, 2.75) is 26.5 Å². The minimum Gasteiger partial charge on any atom is -0.359 e. The van der Waals surface area contributed by atoms with Crippen molar-refractivity contribution >= 4 is 0 Å². The van der Waals surface area contributed by atoms with Gasteiger partial charge in [-0.3, -0.25) is 0 Å². The maximum absolute atomic E-state index is 8.38. The molecule has 0 spiro atoms. The highest BCUT2D eigenvalue weighted by Gasteiger charge is 1.98. The number of ether oxygens (including phenoxy) is 1. The van der Waals surface area contributed by atoms with Crippen LogP contribution < -0.4 is 0 Å². The van der Waals surface area contributed by atoms with E-state index in [0.717, 1.165) is 6.42 Å². The summed E-state index contributed by atoms with van der Waals surface area (Å²) in [6, 6.07) is 2.01. The molecule has 0 atom stereocenters. The normalized spacial score (nSPS) is 9.85. The van der Waals surface area contributed by atoms with E-state index < -0.39 is 0 Å². The van der Waals surface area contributed by atoms with Gasteiger partial charge in [-0.25, -0.2) is 4.68 Å². The molecular formula is C8H12N4O. The van der Waals surface area contributed by atoms with E-state index in [1.807, 2.05) is 13.0 Å². The lowest BCUT2D eigenvalue weighted by atomic mass is 10.4. The SMILES string of the molecule is CCCOCn1cc(CC#N)nn1. The highest BCUT2D eigenvalue weighted by molar-refractivity contribution is 4.99. The second kappa shape index (κ2) is 5.27. The largest absolute Gasteiger partial charge is 0.359 e. The number of rotatable bonds is 5. The fourth-order valence-corrected chi connectivity index (χ4v) is 0.866. The van der Waals surface area contributed by atoms with Crippen LogP contribution in [0.1, 0.15) is 19.0 Å². The second-order valence-electron chi connectivity index (χ2n) is 2.62. The molecule has 0 aromatic carbocycles. The third-order valence-corrected chi connectivity index (χ3v) is 1.42. The fourth-order valence-electron chi connectivity index (χ4n) is 0.866. The van der Waals surface area contributed by atoms with Gasteiger partial charge in [0.2, 0.25) is 0 Å². The fraction of sp³-hybridized carbons (Fsp3) is 0.625. The van der Waals surface area contributed by atoms with Gasteiger partial charge in [-0.15, -0.1) is 5.10 Å². The molecule has 0 saturated heterocycles. The Bertz CT molecular complexity index is 289. The van der Waals surface area contributed by atoms with Crippen LogP contribution in [0.15, 0.2) is 6.20 Å². The molecule has 0 aliphatic carbocycles. The Morgan fingerprint density at radius 2 is 2.54 bits per heavy atom. The van der Waals surface area contributed by atoms with Crippen LogP contribution in [0.4, 0.5) is 0 Å². The first-order chi connectivity index (χ1) is 6.36. The number of aromatic nitrogens is 3. The molecule has 0 fully saturated rings. The van der Waals surface area contributed by atoms with Crippen molar-refractivity contribution in [1.29, 1.82) is 5.26 Å². The van der Waals surface area contributed by atoms with E-state index in [1.54, 1.807) is 10.9 Å². The molecule has 1 rings (SSSR count). The lowest BCUT2D eigenvalue weighted by molar-refractivity contribution is 0.0681. The Hall–Kier alpha value is -1.41. The molecule has 70 valence electrons. The van der Waals surface area contributed by atoms with E-state index in [0.29, 0.717) is 25.5 Å². The van der Waals surface area contributed by atoms with Crippen molar-refractivity contribution in [3.8, 4) is 6.07 Å². The molecule has 5 heteroatoms. The standard InChI is InChI=1S/C8H12N4O/c1-2-5-13-7-12-6-8(3-4-9)10-11-12/h6H,2-3,5,7H2,1H3. The summed E-state index contributed by atoms with van der Waals surface area (Å²) in [5.74, 6) is 0. The summed E-state index contributed by atoms with van der Waals surface area (Å²) >= 11 is 0. The second-order valence-corrected chi connectivity index (χ2v) is 2.62. The molecule has 0 amide bonds. The van der Waals surface area contributed by atoms with E-state index in [9.17, 15) is 0 Å². The Morgan fingerprint density at radius 3 is 3.23 bits per heavy atom. The summed E-state index contributed by atoms with van der Waals surface area (Å²) in [6.45, 7) is 3.17.